The quantitative estimate of drug-likeness (QED) is 0.785. The van der Waals surface area contributed by atoms with Gasteiger partial charge in [0.15, 0.2) is 0 Å². The Hall–Kier alpha value is -1.30. The molecule has 0 aromatic rings. The van der Waals surface area contributed by atoms with E-state index in [0.29, 0.717) is 19.7 Å². The maximum Gasteiger partial charge on any atom is 0.317 e. The van der Waals surface area contributed by atoms with E-state index in [2.05, 4.69) is 5.32 Å². The number of rotatable bonds is 4. The number of carbonyl (C=O) groups excluding carboxylic acids is 1. The Morgan fingerprint density at radius 3 is 2.72 bits per heavy atom. The molecule has 0 aromatic carbocycles. The van der Waals surface area contributed by atoms with Crippen LogP contribution < -0.4 is 5.32 Å². The van der Waals surface area contributed by atoms with Crippen LogP contribution >= 0.6 is 0 Å². The van der Waals surface area contributed by atoms with Crippen molar-refractivity contribution in [2.24, 2.45) is 5.92 Å². The van der Waals surface area contributed by atoms with Crippen LogP contribution in [-0.4, -0.2) is 53.8 Å². The molecule has 1 heterocycles. The van der Waals surface area contributed by atoms with E-state index in [0.717, 1.165) is 6.42 Å². The van der Waals surface area contributed by atoms with Crippen molar-refractivity contribution < 1.29 is 19.4 Å². The number of aliphatic carboxylic acids is 1. The Morgan fingerprint density at radius 2 is 2.17 bits per heavy atom. The highest BCUT2D eigenvalue weighted by atomic mass is 16.5. The Labute approximate surface area is 107 Å². The summed E-state index contributed by atoms with van der Waals surface area (Å²) >= 11 is 0. The minimum Gasteiger partial charge on any atom is -0.481 e. The third-order valence-corrected chi connectivity index (χ3v) is 3.37. The highest BCUT2D eigenvalue weighted by Crippen LogP contribution is 2.09. The van der Waals surface area contributed by atoms with Crippen molar-refractivity contribution in [3.05, 3.63) is 0 Å². The average Bonchev–Trinajstić information content (AvgIpc) is 2.37. The summed E-state index contributed by atoms with van der Waals surface area (Å²) in [4.78, 5) is 24.5. The molecule has 1 saturated heterocycles. The van der Waals surface area contributed by atoms with E-state index in [9.17, 15) is 9.59 Å². The molecule has 0 radical (unpaired) electrons. The fourth-order valence-corrected chi connectivity index (χ4v) is 1.78. The third kappa shape index (κ3) is 3.87. The number of nitrogens with zero attached hydrogens (tertiary/aromatic N) is 1. The molecule has 1 aliphatic rings. The van der Waals surface area contributed by atoms with Gasteiger partial charge >= 0.3 is 12.0 Å². The van der Waals surface area contributed by atoms with Crippen LogP contribution in [0.3, 0.4) is 0 Å². The van der Waals surface area contributed by atoms with Crippen LogP contribution in [0.5, 0.6) is 0 Å². The maximum atomic E-state index is 12.0. The van der Waals surface area contributed by atoms with Crippen molar-refractivity contribution in [2.45, 2.75) is 39.3 Å². The lowest BCUT2D eigenvalue weighted by molar-refractivity contribution is -0.141. The third-order valence-electron chi connectivity index (χ3n) is 3.37. The number of ether oxygens (including phenoxy) is 1. The summed E-state index contributed by atoms with van der Waals surface area (Å²) in [5.74, 6) is -1.51. The highest BCUT2D eigenvalue weighted by Gasteiger charge is 2.26. The second kappa shape index (κ2) is 6.58. The van der Waals surface area contributed by atoms with Crippen LogP contribution in [0.4, 0.5) is 4.79 Å². The smallest absolute Gasteiger partial charge is 0.317 e. The number of hydrogen-bond acceptors (Lipinski definition) is 3. The SMILES string of the molecule is CCC1CN(C(=O)NC(C)C(C)C(=O)O)CCO1. The van der Waals surface area contributed by atoms with Crippen LogP contribution in [0.2, 0.25) is 0 Å². The van der Waals surface area contributed by atoms with Crippen molar-refractivity contribution in [1.29, 1.82) is 0 Å². The summed E-state index contributed by atoms with van der Waals surface area (Å²) in [6.45, 7) is 6.96. The molecule has 2 amide bonds. The summed E-state index contributed by atoms with van der Waals surface area (Å²) in [5, 5.41) is 11.6. The van der Waals surface area contributed by atoms with E-state index >= 15 is 0 Å². The number of amides is 2. The number of carboxylic acid groups (broad SMARTS) is 1. The summed E-state index contributed by atoms with van der Waals surface area (Å²) in [5.41, 5.74) is 0. The molecule has 18 heavy (non-hydrogen) atoms. The molecule has 3 unspecified atom stereocenters. The zero-order valence-corrected chi connectivity index (χ0v) is 11.2. The van der Waals surface area contributed by atoms with Gasteiger partial charge in [0.2, 0.25) is 0 Å². The zero-order valence-electron chi connectivity index (χ0n) is 11.2. The van der Waals surface area contributed by atoms with Gasteiger partial charge in [0.1, 0.15) is 0 Å². The molecule has 104 valence electrons. The molecule has 0 aromatic heterocycles. The molecule has 1 fully saturated rings. The van der Waals surface area contributed by atoms with Crippen LogP contribution in [0.25, 0.3) is 0 Å². The standard InChI is InChI=1S/C12H22N2O4/c1-4-10-7-14(5-6-18-10)12(17)13-9(3)8(2)11(15)16/h8-10H,4-7H2,1-3H3,(H,13,17)(H,15,16). The van der Waals surface area contributed by atoms with E-state index in [-0.39, 0.29) is 12.1 Å². The summed E-state index contributed by atoms with van der Waals surface area (Å²) < 4.78 is 5.48. The first-order valence-corrected chi connectivity index (χ1v) is 6.35. The van der Waals surface area contributed by atoms with Gasteiger partial charge in [-0.15, -0.1) is 0 Å². The first-order valence-electron chi connectivity index (χ1n) is 6.35. The van der Waals surface area contributed by atoms with Crippen molar-refractivity contribution in [3.8, 4) is 0 Å². The van der Waals surface area contributed by atoms with Gasteiger partial charge < -0.3 is 20.1 Å². The van der Waals surface area contributed by atoms with Gasteiger partial charge in [0.05, 0.1) is 18.6 Å². The maximum absolute atomic E-state index is 12.0. The summed E-state index contributed by atoms with van der Waals surface area (Å²) in [6, 6.07) is -0.602. The Balaban J connectivity index is 2.47. The molecular formula is C12H22N2O4. The number of urea groups is 1. The highest BCUT2D eigenvalue weighted by molar-refractivity contribution is 5.76. The Kier molecular flexibility index (Phi) is 5.40. The molecule has 1 rings (SSSR count). The van der Waals surface area contributed by atoms with Crippen LogP contribution in [0, 0.1) is 5.92 Å². The number of carbonyl (C=O) groups is 2. The van der Waals surface area contributed by atoms with Crippen LogP contribution in [0.1, 0.15) is 27.2 Å². The molecule has 3 atom stereocenters. The van der Waals surface area contributed by atoms with Gasteiger partial charge in [-0.25, -0.2) is 4.79 Å². The lowest BCUT2D eigenvalue weighted by atomic mass is 10.0. The number of morpholine rings is 1. The van der Waals surface area contributed by atoms with Crippen LogP contribution in [-0.2, 0) is 9.53 Å². The normalized spacial score (nSPS) is 23.3. The van der Waals surface area contributed by atoms with Crippen molar-refractivity contribution >= 4 is 12.0 Å². The van der Waals surface area contributed by atoms with Gasteiger partial charge in [0, 0.05) is 19.1 Å². The van der Waals surface area contributed by atoms with E-state index in [1.165, 1.54) is 0 Å². The Morgan fingerprint density at radius 1 is 1.50 bits per heavy atom. The molecule has 0 aliphatic carbocycles. The number of nitrogens with one attached hydrogen (secondary N) is 1. The van der Waals surface area contributed by atoms with Crippen LogP contribution in [0.15, 0.2) is 0 Å². The van der Waals surface area contributed by atoms with Gasteiger partial charge in [-0.3, -0.25) is 4.79 Å². The van der Waals surface area contributed by atoms with Crippen molar-refractivity contribution in [2.75, 3.05) is 19.7 Å². The first-order chi connectivity index (χ1) is 8.45. The molecule has 1 aliphatic heterocycles. The van der Waals surface area contributed by atoms with Crippen molar-refractivity contribution in [1.82, 2.24) is 10.2 Å². The first kappa shape index (κ1) is 14.8. The minimum absolute atomic E-state index is 0.0803. The van der Waals surface area contributed by atoms with Gasteiger partial charge in [-0.2, -0.15) is 0 Å². The number of carboxylic acids is 1. The topological polar surface area (TPSA) is 78.9 Å². The molecule has 2 N–H and O–H groups in total. The fraction of sp³-hybridized carbons (Fsp3) is 0.833. The molecule has 6 heteroatoms. The average molecular weight is 258 g/mol. The molecule has 0 bridgehead atoms. The molecule has 0 spiro atoms. The number of hydrogen-bond donors (Lipinski definition) is 2. The lowest BCUT2D eigenvalue weighted by Gasteiger charge is -2.33. The fourth-order valence-electron chi connectivity index (χ4n) is 1.78. The predicted molar refractivity (Wildman–Crippen MR) is 66.4 cm³/mol. The summed E-state index contributed by atoms with van der Waals surface area (Å²) in [6.07, 6.45) is 0.946. The predicted octanol–water partition coefficient (Wildman–Crippen LogP) is 0.916. The van der Waals surface area contributed by atoms with Gasteiger partial charge in [-0.1, -0.05) is 6.92 Å². The van der Waals surface area contributed by atoms with E-state index in [1.54, 1.807) is 18.7 Å². The van der Waals surface area contributed by atoms with E-state index < -0.39 is 17.9 Å². The molecular weight excluding hydrogens is 236 g/mol. The van der Waals surface area contributed by atoms with Gasteiger partial charge in [0.25, 0.3) is 0 Å². The zero-order chi connectivity index (χ0) is 13.7. The Bertz CT molecular complexity index is 308. The molecule has 0 saturated carbocycles. The monoisotopic (exact) mass is 258 g/mol. The van der Waals surface area contributed by atoms with E-state index in [1.807, 2.05) is 6.92 Å². The van der Waals surface area contributed by atoms with Gasteiger partial charge in [-0.05, 0) is 20.3 Å². The minimum atomic E-state index is -0.906. The van der Waals surface area contributed by atoms with E-state index in [4.69, 9.17) is 9.84 Å². The lowest BCUT2D eigenvalue weighted by Crippen LogP contribution is -2.52. The summed E-state index contributed by atoms with van der Waals surface area (Å²) in [7, 11) is 0. The second-order valence-electron chi connectivity index (χ2n) is 4.71. The molecule has 6 nitrogen and oxygen atoms in total. The largest absolute Gasteiger partial charge is 0.481 e. The van der Waals surface area contributed by atoms with Crippen molar-refractivity contribution in [3.63, 3.8) is 0 Å². The second-order valence-corrected chi connectivity index (χ2v) is 4.71.